The van der Waals surface area contributed by atoms with Crippen LogP contribution in [0.5, 0.6) is 0 Å². The average Bonchev–Trinajstić information content (AvgIpc) is 0.768. The molecule has 41 atom stereocenters. The minimum Gasteiger partial charge on any atom is -0.394 e. The molecule has 8 aliphatic rings. The molecule has 638 valence electrons. The van der Waals surface area contributed by atoms with E-state index in [-0.39, 0.29) is 17.6 Å². The topological polar surface area (TPSA) is 715 Å². The number of rotatable bonds is 31. The van der Waals surface area contributed by atoms with Gasteiger partial charge < -0.3 is 204 Å². The van der Waals surface area contributed by atoms with Gasteiger partial charge in [0, 0.05) is 27.7 Å². The molecule has 49 heteroatoms. The molecular formula is C61H107N5O43P+. The van der Waals surface area contributed by atoms with Gasteiger partial charge in [0.2, 0.25) is 23.6 Å². The van der Waals surface area contributed by atoms with E-state index in [4.69, 9.17) is 80.1 Å². The number of quaternary nitrogens is 1. The second-order valence-corrected chi connectivity index (χ2v) is 30.3. The summed E-state index contributed by atoms with van der Waals surface area (Å²) in [6.07, 6.45) is -72.6. The molecule has 48 nitrogen and oxygen atoms in total. The summed E-state index contributed by atoms with van der Waals surface area (Å²) in [6.45, 7) is -2.38. The lowest BCUT2D eigenvalue weighted by Crippen LogP contribution is -2.70. The number of phosphoric ester groups is 1. The standard InChI is InChI=1S/C61H106N5O43P/c1-18-34(75)43(84)46(87)58(97-18)93-16-28-50(40(81)30(54(90)98-28)62-19(2)71)105-56-32(64-21(4)73)41(82)49(26(14-70)102-56)107-60-48(89)52(108-59-47(88)44(85)36(77)24(12-68)100-59)38(79)27(103-60)15-94-61-53(45(86)37(78)25(13-69)101-61)109-57-33(65-22(5)74)42(83)51(29(104-57)17-96-110(91,92)95-10-9-66(6,7)8)106-55-31(63-20(3)72)39(80)35(76)23(11-67)99-55/h18,23-61,67-70,75-90H,9-17H2,1-8H3,(H4-,62,63,64,65,71,72,73,74,91,92)/p+1/t18-,23+,24+,25+,26+,27+,28+,29+,30+,31+,32+,33+,34+,35-,36+,37+,38+,39+,40+,41+,42+,43+,44-,45-,46-,47-,48-,49+,50+,51+,52-,53-,54+,55-,56-,57-,58+,59+,60-,61-/m0/s1. The van der Waals surface area contributed by atoms with Gasteiger partial charge in [0.25, 0.3) is 0 Å². The number of aliphatic hydroxyl groups is 20. The van der Waals surface area contributed by atoms with Crippen LogP contribution in [0.4, 0.5) is 0 Å². The highest BCUT2D eigenvalue weighted by atomic mass is 31.2. The van der Waals surface area contributed by atoms with E-state index in [1.54, 1.807) is 21.1 Å². The molecule has 0 aromatic heterocycles. The molecule has 8 aliphatic heterocycles. The Kier molecular flexibility index (Phi) is 33.2. The Morgan fingerprint density at radius 2 is 0.709 bits per heavy atom. The number of hydrogen-bond donors (Lipinski definition) is 25. The molecule has 0 aliphatic carbocycles. The van der Waals surface area contributed by atoms with Crippen molar-refractivity contribution in [2.24, 2.45) is 0 Å². The summed E-state index contributed by atoms with van der Waals surface area (Å²) in [5.41, 5.74) is 0. The van der Waals surface area contributed by atoms with Crippen molar-refractivity contribution in [1.29, 1.82) is 0 Å². The highest BCUT2D eigenvalue weighted by molar-refractivity contribution is 7.47. The summed E-state index contributed by atoms with van der Waals surface area (Å²) >= 11 is 0. The third-order valence-corrected chi connectivity index (χ3v) is 20.4. The van der Waals surface area contributed by atoms with Gasteiger partial charge in [-0.05, 0) is 6.92 Å². The van der Waals surface area contributed by atoms with E-state index in [1.165, 1.54) is 6.92 Å². The van der Waals surface area contributed by atoms with E-state index < -0.39 is 323 Å². The van der Waals surface area contributed by atoms with Crippen LogP contribution in [-0.2, 0) is 104 Å². The predicted molar refractivity (Wildman–Crippen MR) is 347 cm³/mol. The number of likely N-dealkylation sites (N-methyl/N-ethyl adjacent to an activating group) is 1. The van der Waals surface area contributed by atoms with Crippen molar-refractivity contribution in [2.75, 3.05) is 80.5 Å². The lowest BCUT2D eigenvalue weighted by atomic mass is 9.93. The summed E-state index contributed by atoms with van der Waals surface area (Å²) in [6, 6.07) is -7.34. The number of nitrogens with one attached hydrogen (secondary N) is 4. The highest BCUT2D eigenvalue weighted by Crippen LogP contribution is 2.45. The zero-order chi connectivity index (χ0) is 81.6. The van der Waals surface area contributed by atoms with Gasteiger partial charge in [-0.3, -0.25) is 28.2 Å². The van der Waals surface area contributed by atoms with Crippen LogP contribution in [0, 0.1) is 0 Å². The summed E-state index contributed by atoms with van der Waals surface area (Å²) in [7, 11) is 0.0694. The minimum absolute atomic E-state index is 0.149. The maximum absolute atomic E-state index is 13.5. The number of phosphoric acid groups is 1. The van der Waals surface area contributed by atoms with Crippen molar-refractivity contribution in [1.82, 2.24) is 21.3 Å². The second-order valence-electron chi connectivity index (χ2n) is 28.8. The lowest BCUT2D eigenvalue weighted by molar-refractivity contribution is -0.870. The highest BCUT2D eigenvalue weighted by Gasteiger charge is 2.60. The van der Waals surface area contributed by atoms with E-state index in [1.807, 2.05) is 0 Å². The second kappa shape index (κ2) is 39.7. The van der Waals surface area contributed by atoms with Crippen molar-refractivity contribution >= 4 is 31.5 Å². The first-order valence-electron chi connectivity index (χ1n) is 35.1. The molecule has 8 fully saturated rings. The fourth-order valence-electron chi connectivity index (χ4n) is 13.4. The molecule has 0 saturated carbocycles. The minimum atomic E-state index is -5.13. The van der Waals surface area contributed by atoms with Crippen LogP contribution in [0.1, 0.15) is 34.6 Å². The number of amides is 4. The van der Waals surface area contributed by atoms with Gasteiger partial charge in [-0.25, -0.2) is 4.57 Å². The molecule has 0 aromatic rings. The average molecular weight is 1630 g/mol. The van der Waals surface area contributed by atoms with Crippen LogP contribution in [0.25, 0.3) is 0 Å². The van der Waals surface area contributed by atoms with Crippen molar-refractivity contribution in [3.8, 4) is 0 Å². The SMILES string of the molecule is CC(=O)N[C@@H]1[C@@H](O)[C@H](O[C@@H]2O[C@H](CO)[C@@H](O[C@@H]3O[C@H](CO[C@H]4O[C@H](CO)[C@@H](O)[C@H](O)[C@@H]4O[C@@H]4O[C@H](COP(=O)(O)OCC[N+](C)(C)C)[C@@H](O[C@@H]5O[C@H](CO)[C@H](O)[C@H](O)[C@H]5NC(C)=O)[C@H](O)[C@H]4NC(C)=O)[C@@H](O)[C@H](O[C@H]4O[C@H](CO)[C@@H](O)[C@H](O)[C@@H]4O)[C@@H]3O)[C@H](O)[C@H]2NC(C)=O)[C@@H](CO[C@@H]2O[C@@H](C)[C@@H](O)[C@@H](O)[C@@H]2O)O[C@H]1O. The molecule has 0 radical (unpaired) electrons. The Morgan fingerprint density at radius 1 is 0.345 bits per heavy atom. The number of ether oxygens (including phenoxy) is 15. The van der Waals surface area contributed by atoms with Crippen molar-refractivity contribution in [2.45, 2.75) is 280 Å². The maximum Gasteiger partial charge on any atom is 0.472 e. The zero-order valence-electron chi connectivity index (χ0n) is 60.7. The van der Waals surface area contributed by atoms with Gasteiger partial charge >= 0.3 is 7.82 Å². The summed E-state index contributed by atoms with van der Waals surface area (Å²) < 4.78 is 113. The monoisotopic (exact) mass is 1630 g/mol. The third kappa shape index (κ3) is 22.2. The molecule has 0 aromatic carbocycles. The first kappa shape index (κ1) is 92.1. The largest absolute Gasteiger partial charge is 0.472 e. The van der Waals surface area contributed by atoms with Crippen LogP contribution >= 0.6 is 7.82 Å². The molecule has 25 N–H and O–H groups in total. The normalized spacial score (nSPS) is 46.1. The number of carbonyl (C=O) groups excluding carboxylic acids is 4. The molecule has 8 rings (SSSR count). The van der Waals surface area contributed by atoms with E-state index in [9.17, 15) is 131 Å². The van der Waals surface area contributed by atoms with E-state index in [0.29, 0.717) is 0 Å². The first-order valence-corrected chi connectivity index (χ1v) is 36.6. The third-order valence-electron chi connectivity index (χ3n) is 19.4. The van der Waals surface area contributed by atoms with E-state index in [2.05, 4.69) is 21.3 Å². The van der Waals surface area contributed by atoms with Gasteiger partial charge in [0.05, 0.1) is 73.5 Å². The Balaban J connectivity index is 1.10. The van der Waals surface area contributed by atoms with Crippen LogP contribution in [0.15, 0.2) is 0 Å². The number of carbonyl (C=O) groups is 4. The van der Waals surface area contributed by atoms with E-state index >= 15 is 0 Å². The van der Waals surface area contributed by atoms with Crippen LogP contribution < -0.4 is 21.3 Å². The lowest BCUT2D eigenvalue weighted by Gasteiger charge is -2.50. The fourth-order valence-corrected chi connectivity index (χ4v) is 14.2. The Hall–Kier alpha value is -3.45. The van der Waals surface area contributed by atoms with Crippen LogP contribution in [-0.4, -0.2) is 461 Å². The fraction of sp³-hybridized carbons (Fsp3) is 0.934. The number of hydrogen-bond acceptors (Lipinski definition) is 42. The molecule has 0 bridgehead atoms. The molecule has 1 unspecified atom stereocenters. The molecule has 8 heterocycles. The number of aliphatic hydroxyl groups excluding tert-OH is 20. The predicted octanol–water partition coefficient (Wildman–Crippen LogP) is -16.0. The van der Waals surface area contributed by atoms with Crippen LogP contribution in [0.3, 0.4) is 0 Å². The van der Waals surface area contributed by atoms with Gasteiger partial charge in [-0.15, -0.1) is 0 Å². The summed E-state index contributed by atoms with van der Waals surface area (Å²) in [5, 5.41) is 233. The quantitative estimate of drug-likeness (QED) is 0.0226. The molecule has 4 amide bonds. The maximum atomic E-state index is 13.5. The smallest absolute Gasteiger partial charge is 0.394 e. The van der Waals surface area contributed by atoms with Gasteiger partial charge in [0.15, 0.2) is 50.3 Å². The van der Waals surface area contributed by atoms with Gasteiger partial charge in [-0.1, -0.05) is 0 Å². The van der Waals surface area contributed by atoms with E-state index in [0.717, 1.165) is 27.7 Å². The van der Waals surface area contributed by atoms with Gasteiger partial charge in [-0.2, -0.15) is 0 Å². The van der Waals surface area contributed by atoms with Crippen molar-refractivity contribution < 1.29 is 215 Å². The van der Waals surface area contributed by atoms with Crippen molar-refractivity contribution in [3.63, 3.8) is 0 Å². The van der Waals surface area contributed by atoms with Gasteiger partial charge in [0.1, 0.15) is 202 Å². The zero-order valence-corrected chi connectivity index (χ0v) is 61.6. The Bertz CT molecular complexity index is 2980. The Morgan fingerprint density at radius 3 is 1.23 bits per heavy atom. The summed E-state index contributed by atoms with van der Waals surface area (Å²) in [4.78, 5) is 61.9. The van der Waals surface area contributed by atoms with Crippen LogP contribution in [0.2, 0.25) is 0 Å². The first-order chi connectivity index (χ1) is 51.5. The molecule has 110 heavy (non-hydrogen) atoms. The van der Waals surface area contributed by atoms with Crippen molar-refractivity contribution in [3.05, 3.63) is 0 Å². The number of nitrogens with zero attached hydrogens (tertiary/aromatic N) is 1. The summed E-state index contributed by atoms with van der Waals surface area (Å²) in [5.74, 6) is -3.53. The molecule has 0 spiro atoms. The molecular weight excluding hydrogens is 1520 g/mol. The Labute approximate surface area is 627 Å². The molecule has 8 saturated heterocycles.